The second-order valence-corrected chi connectivity index (χ2v) is 18.0. The van der Waals surface area contributed by atoms with Crippen LogP contribution < -0.4 is 9.80 Å². The van der Waals surface area contributed by atoms with Crippen molar-refractivity contribution < 1.29 is 0 Å². The first-order valence-electron chi connectivity index (χ1n) is 22.3. The van der Waals surface area contributed by atoms with Gasteiger partial charge in [-0.15, -0.1) is 0 Å². The van der Waals surface area contributed by atoms with Gasteiger partial charge in [0, 0.05) is 77.8 Å². The Hall–Kier alpha value is -4.42. The zero-order valence-electron chi connectivity index (χ0n) is 38.3. The van der Waals surface area contributed by atoms with Gasteiger partial charge in [-0.25, -0.2) is 0 Å². The lowest BCUT2D eigenvalue weighted by atomic mass is 9.96. The Morgan fingerprint density at radius 3 is 1.44 bits per heavy atom. The molecule has 5 heteroatoms. The van der Waals surface area contributed by atoms with Gasteiger partial charge in [-0.3, -0.25) is 4.90 Å². The molecule has 0 saturated heterocycles. The van der Waals surface area contributed by atoms with Gasteiger partial charge in [0.1, 0.15) is 0 Å². The molecule has 0 bridgehead atoms. The molecule has 5 aromatic rings. The third kappa shape index (κ3) is 11.4. The maximum absolute atomic E-state index is 2.38. The van der Waals surface area contributed by atoms with Gasteiger partial charge in [0.25, 0.3) is 0 Å². The number of hydrogen-bond acceptors (Lipinski definition) is 5. The van der Waals surface area contributed by atoms with Crippen LogP contribution in [0.1, 0.15) is 85.2 Å². The summed E-state index contributed by atoms with van der Waals surface area (Å²) in [7, 11) is 10.9. The highest BCUT2D eigenvalue weighted by Crippen LogP contribution is 2.30. The molecule has 0 aromatic heterocycles. The molecule has 0 atom stereocenters. The molecule has 0 aliphatic carbocycles. The molecule has 10 rings (SSSR count). The molecule has 314 valence electrons. The second kappa shape index (κ2) is 20.7. The number of para-hydroxylation sites is 1. The monoisotopic (exact) mass is 792 g/mol. The molecule has 59 heavy (non-hydrogen) atoms. The van der Waals surface area contributed by atoms with Gasteiger partial charge in [0.15, 0.2) is 0 Å². The molecule has 0 saturated carbocycles. The molecule has 5 aromatic carbocycles. The van der Waals surface area contributed by atoms with E-state index in [2.05, 4.69) is 185 Å². The Kier molecular flexibility index (Phi) is 15.5. The Balaban J connectivity index is 0.000000124. The molecule has 0 fully saturated rings. The topological polar surface area (TPSA) is 16.2 Å². The highest BCUT2D eigenvalue weighted by Gasteiger charge is 2.18. The molecular weight excluding hydrogens is 719 g/mol. The fourth-order valence-electron chi connectivity index (χ4n) is 9.65. The average Bonchev–Trinajstić information content (AvgIpc) is 3.61. The summed E-state index contributed by atoms with van der Waals surface area (Å²) in [5, 5.41) is 0. The summed E-state index contributed by atoms with van der Waals surface area (Å²) < 4.78 is 0. The van der Waals surface area contributed by atoms with E-state index in [4.69, 9.17) is 0 Å². The van der Waals surface area contributed by atoms with E-state index in [-0.39, 0.29) is 0 Å². The molecule has 0 radical (unpaired) electrons. The number of benzene rings is 5. The summed E-state index contributed by atoms with van der Waals surface area (Å²) in [6, 6.07) is 33.0. The number of anilines is 2. The summed E-state index contributed by atoms with van der Waals surface area (Å²) in [4.78, 5) is 11.8. The van der Waals surface area contributed by atoms with Gasteiger partial charge in [-0.05, 0) is 173 Å². The molecule has 5 aliphatic heterocycles. The van der Waals surface area contributed by atoms with Crippen molar-refractivity contribution in [1.82, 2.24) is 14.7 Å². The van der Waals surface area contributed by atoms with Crippen molar-refractivity contribution in [2.75, 3.05) is 71.2 Å². The summed E-state index contributed by atoms with van der Waals surface area (Å²) in [6.07, 6.45) is 7.54. The SMILES string of the molecule is Cc1cccc2c1CCCN2C.Cc1cccc2c1CCN(C)C2.Cc1cccc2c1CN(C)C2.Cc1cccc2c1CN(C)CC2.Cc1cccc2c1N(C)CCC2. The summed E-state index contributed by atoms with van der Waals surface area (Å²) in [5.41, 5.74) is 22.4. The number of likely N-dealkylation sites (N-methyl/N-ethyl adjacent to an activating group) is 2. The van der Waals surface area contributed by atoms with E-state index in [0.29, 0.717) is 0 Å². The van der Waals surface area contributed by atoms with Crippen molar-refractivity contribution in [2.45, 2.75) is 99.3 Å². The molecule has 5 nitrogen and oxygen atoms in total. The molecule has 5 heterocycles. The van der Waals surface area contributed by atoms with Crippen LogP contribution >= 0.6 is 0 Å². The molecule has 0 unspecified atom stereocenters. The van der Waals surface area contributed by atoms with E-state index in [1.54, 1.807) is 22.3 Å². The van der Waals surface area contributed by atoms with Gasteiger partial charge >= 0.3 is 0 Å². The minimum absolute atomic E-state index is 1.12. The van der Waals surface area contributed by atoms with E-state index >= 15 is 0 Å². The van der Waals surface area contributed by atoms with E-state index in [1.165, 1.54) is 126 Å². The third-order valence-electron chi connectivity index (χ3n) is 13.1. The first-order chi connectivity index (χ1) is 28.4. The summed E-state index contributed by atoms with van der Waals surface area (Å²) in [5.74, 6) is 0. The highest BCUT2D eigenvalue weighted by atomic mass is 15.1. The second-order valence-electron chi connectivity index (χ2n) is 18.0. The predicted molar refractivity (Wildman–Crippen MR) is 254 cm³/mol. The molecule has 0 amide bonds. The van der Waals surface area contributed by atoms with Crippen LogP contribution in [0.4, 0.5) is 11.4 Å². The van der Waals surface area contributed by atoms with Crippen LogP contribution in [0.5, 0.6) is 0 Å². The van der Waals surface area contributed by atoms with Gasteiger partial charge in [0.05, 0.1) is 0 Å². The lowest BCUT2D eigenvalue weighted by Gasteiger charge is -2.29. The molecule has 5 aliphatic rings. The maximum atomic E-state index is 2.38. The van der Waals surface area contributed by atoms with Crippen LogP contribution in [0.2, 0.25) is 0 Å². The van der Waals surface area contributed by atoms with Gasteiger partial charge in [0.2, 0.25) is 0 Å². The van der Waals surface area contributed by atoms with Gasteiger partial charge in [-0.2, -0.15) is 0 Å². The van der Waals surface area contributed by atoms with Crippen LogP contribution in [0, 0.1) is 34.6 Å². The summed E-state index contributed by atoms with van der Waals surface area (Å²) >= 11 is 0. The van der Waals surface area contributed by atoms with Crippen molar-refractivity contribution in [3.05, 3.63) is 163 Å². The lowest BCUT2D eigenvalue weighted by molar-refractivity contribution is 0.312. The van der Waals surface area contributed by atoms with Crippen LogP contribution in [0.25, 0.3) is 0 Å². The number of hydrogen-bond donors (Lipinski definition) is 0. The van der Waals surface area contributed by atoms with Crippen molar-refractivity contribution in [3.63, 3.8) is 0 Å². The van der Waals surface area contributed by atoms with Gasteiger partial charge < -0.3 is 19.6 Å². The molecule has 0 N–H and O–H groups in total. The van der Waals surface area contributed by atoms with Crippen molar-refractivity contribution in [2.24, 2.45) is 0 Å². The number of fused-ring (bicyclic) bond motifs is 5. The number of nitrogens with zero attached hydrogens (tertiary/aromatic N) is 5. The smallest absolute Gasteiger partial charge is 0.0425 e. The van der Waals surface area contributed by atoms with Crippen LogP contribution in [-0.2, 0) is 51.9 Å². The van der Waals surface area contributed by atoms with Crippen molar-refractivity contribution in [1.29, 1.82) is 0 Å². The normalized spacial score (nSPS) is 16.8. The lowest BCUT2D eigenvalue weighted by Crippen LogP contribution is -2.27. The van der Waals surface area contributed by atoms with Crippen molar-refractivity contribution in [3.8, 4) is 0 Å². The largest absolute Gasteiger partial charge is 0.374 e. The average molecular weight is 792 g/mol. The standard InChI is InChI=1S/4C11H15N.C10H13N/c1-9-5-3-7-11-10(9)6-4-8-12(11)2;1-9-5-3-6-10-7-4-8-12(2)11(9)10;1-9-4-3-5-10-8-12(2)7-6-11(9)10;1-9-4-3-5-10-6-7-12(2)8-11(9)10;1-8-4-3-5-9-6-11(2)7-10(8)9/h3,5,7H,4,6,8H2,1-2H3;3,5-6H,4,7-8H2,1-2H3;2*3-5H,6-8H2,1-2H3;3-5H,6-7H2,1-2H3. The first-order valence-corrected chi connectivity index (χ1v) is 22.3. The Morgan fingerprint density at radius 2 is 0.797 bits per heavy atom. The number of rotatable bonds is 0. The fraction of sp³-hybridized carbons (Fsp3) is 0.444. The van der Waals surface area contributed by atoms with E-state index < -0.39 is 0 Å². The van der Waals surface area contributed by atoms with Crippen LogP contribution in [0.15, 0.2) is 91.0 Å². The Labute approximate surface area is 358 Å². The minimum Gasteiger partial charge on any atom is -0.374 e. The quantitative estimate of drug-likeness (QED) is 0.155. The zero-order valence-corrected chi connectivity index (χ0v) is 38.3. The number of aryl methyl sites for hydroxylation is 6. The first kappa shape index (κ1) is 44.1. The third-order valence-corrected chi connectivity index (χ3v) is 13.1. The van der Waals surface area contributed by atoms with E-state index in [0.717, 1.165) is 26.2 Å². The Morgan fingerprint density at radius 1 is 0.339 bits per heavy atom. The molecule has 0 spiro atoms. The molecular formula is C54H73N5. The fourth-order valence-corrected chi connectivity index (χ4v) is 9.65. The van der Waals surface area contributed by atoms with E-state index in [9.17, 15) is 0 Å². The highest BCUT2D eigenvalue weighted by molar-refractivity contribution is 5.60. The maximum Gasteiger partial charge on any atom is 0.0425 e. The summed E-state index contributed by atoms with van der Waals surface area (Å²) in [6.45, 7) is 20.3. The zero-order chi connectivity index (χ0) is 42.1. The van der Waals surface area contributed by atoms with Gasteiger partial charge in [-0.1, -0.05) is 84.9 Å². The Bertz CT molecular complexity index is 2150. The van der Waals surface area contributed by atoms with E-state index in [1.807, 2.05) is 0 Å². The van der Waals surface area contributed by atoms with Crippen LogP contribution in [-0.4, -0.2) is 76.1 Å². The van der Waals surface area contributed by atoms with Crippen LogP contribution in [0.3, 0.4) is 0 Å². The van der Waals surface area contributed by atoms with Crippen molar-refractivity contribution >= 4 is 11.4 Å². The predicted octanol–water partition coefficient (Wildman–Crippen LogP) is 10.7. The minimum atomic E-state index is 1.12.